The summed E-state index contributed by atoms with van der Waals surface area (Å²) in [6.07, 6.45) is -4.19. The molecule has 13 heavy (non-hydrogen) atoms. The molecule has 1 aromatic carbocycles. The van der Waals surface area contributed by atoms with E-state index in [1.54, 1.807) is 0 Å². The molecule has 0 unspecified atom stereocenters. The van der Waals surface area contributed by atoms with Crippen LogP contribution in [0.3, 0.4) is 0 Å². The number of anilines is 1. The highest BCUT2D eigenvalue weighted by atomic mass is 35.5. The van der Waals surface area contributed by atoms with Gasteiger partial charge in [-0.1, -0.05) is 11.6 Å². The summed E-state index contributed by atoms with van der Waals surface area (Å²) >= 11 is 5.55. The maximum absolute atomic E-state index is 11.7. The second kappa shape index (κ2) is 3.87. The lowest BCUT2D eigenvalue weighted by atomic mass is 10.3. The smallest absolute Gasteiger partial charge is 0.376 e. The van der Waals surface area contributed by atoms with E-state index in [0.29, 0.717) is 10.7 Å². The van der Waals surface area contributed by atoms with Crippen LogP contribution in [0.4, 0.5) is 18.9 Å². The van der Waals surface area contributed by atoms with Gasteiger partial charge in [0.1, 0.15) is 6.54 Å². The maximum atomic E-state index is 11.7. The van der Waals surface area contributed by atoms with Crippen molar-refractivity contribution < 1.29 is 13.2 Å². The van der Waals surface area contributed by atoms with Crippen molar-refractivity contribution >= 4 is 17.3 Å². The first-order valence-electron chi connectivity index (χ1n) is 3.53. The minimum Gasteiger partial charge on any atom is -0.376 e. The number of benzene rings is 1. The monoisotopic (exact) mass is 209 g/mol. The minimum atomic E-state index is -4.19. The van der Waals surface area contributed by atoms with Gasteiger partial charge in [0, 0.05) is 10.7 Å². The first kappa shape index (κ1) is 10.2. The molecular formula is C8H7ClF3N. The normalized spacial score (nSPS) is 11.4. The predicted octanol–water partition coefficient (Wildman–Crippen LogP) is 3.31. The zero-order valence-electron chi connectivity index (χ0n) is 6.53. The largest absolute Gasteiger partial charge is 0.405 e. The molecule has 0 bridgehead atoms. The molecule has 0 spiro atoms. The number of rotatable bonds is 2. The summed E-state index contributed by atoms with van der Waals surface area (Å²) in [7, 11) is 0. The topological polar surface area (TPSA) is 12.0 Å². The molecule has 1 nitrogen and oxygen atoms in total. The molecule has 0 heterocycles. The summed E-state index contributed by atoms with van der Waals surface area (Å²) in [6.45, 7) is -1.03. The minimum absolute atomic E-state index is 0.404. The van der Waals surface area contributed by atoms with Gasteiger partial charge in [-0.3, -0.25) is 0 Å². The average molecular weight is 210 g/mol. The number of hydrogen-bond acceptors (Lipinski definition) is 1. The van der Waals surface area contributed by atoms with E-state index in [2.05, 4.69) is 5.32 Å². The lowest BCUT2D eigenvalue weighted by Crippen LogP contribution is -2.21. The van der Waals surface area contributed by atoms with E-state index in [9.17, 15) is 13.2 Å². The molecule has 0 aliphatic heterocycles. The van der Waals surface area contributed by atoms with Crippen LogP contribution in [0.1, 0.15) is 0 Å². The van der Waals surface area contributed by atoms with Crippen LogP contribution in [-0.2, 0) is 0 Å². The standard InChI is InChI=1S/C8H7ClF3N/c9-6-1-3-7(4-2-6)13-5-8(10,11)12/h1-4,13H,5H2. The fraction of sp³-hybridized carbons (Fsp3) is 0.250. The van der Waals surface area contributed by atoms with Crippen LogP contribution in [-0.4, -0.2) is 12.7 Å². The molecule has 1 N–H and O–H groups in total. The predicted molar refractivity (Wildman–Crippen MR) is 46.0 cm³/mol. The first-order chi connectivity index (χ1) is 5.97. The number of halogens is 4. The van der Waals surface area contributed by atoms with Crippen LogP contribution in [0.25, 0.3) is 0 Å². The maximum Gasteiger partial charge on any atom is 0.405 e. The summed E-state index contributed by atoms with van der Waals surface area (Å²) in [5.74, 6) is 0. The summed E-state index contributed by atoms with van der Waals surface area (Å²) in [4.78, 5) is 0. The van der Waals surface area contributed by atoms with Crippen LogP contribution < -0.4 is 5.32 Å². The fourth-order valence-electron chi connectivity index (χ4n) is 0.770. The highest BCUT2D eigenvalue weighted by Crippen LogP contribution is 2.17. The van der Waals surface area contributed by atoms with Crippen LogP contribution >= 0.6 is 11.6 Å². The van der Waals surface area contributed by atoms with Crippen molar-refractivity contribution in [1.29, 1.82) is 0 Å². The number of hydrogen-bond donors (Lipinski definition) is 1. The molecular weight excluding hydrogens is 203 g/mol. The Hall–Kier alpha value is -0.900. The molecule has 0 aliphatic rings. The van der Waals surface area contributed by atoms with Crippen LogP contribution in [0.15, 0.2) is 24.3 Å². The highest BCUT2D eigenvalue weighted by Gasteiger charge is 2.26. The van der Waals surface area contributed by atoms with Gasteiger partial charge < -0.3 is 5.32 Å². The van der Waals surface area contributed by atoms with Gasteiger partial charge in [-0.2, -0.15) is 13.2 Å². The Morgan fingerprint density at radius 1 is 1.15 bits per heavy atom. The van der Waals surface area contributed by atoms with E-state index in [1.165, 1.54) is 24.3 Å². The summed E-state index contributed by atoms with van der Waals surface area (Å²) in [6, 6.07) is 6.04. The number of nitrogens with one attached hydrogen (secondary N) is 1. The van der Waals surface area contributed by atoms with Crippen LogP contribution in [0.5, 0.6) is 0 Å². The molecule has 0 amide bonds. The van der Waals surface area contributed by atoms with Crippen LogP contribution in [0, 0.1) is 0 Å². The molecule has 0 fully saturated rings. The van der Waals surface area contributed by atoms with Crippen molar-refractivity contribution in [1.82, 2.24) is 0 Å². The van der Waals surface area contributed by atoms with E-state index >= 15 is 0 Å². The van der Waals surface area contributed by atoms with Crippen molar-refractivity contribution in [3.05, 3.63) is 29.3 Å². The van der Waals surface area contributed by atoms with Gasteiger partial charge in [0.15, 0.2) is 0 Å². The lowest BCUT2D eigenvalue weighted by molar-refractivity contribution is -0.115. The molecule has 72 valence electrons. The average Bonchev–Trinajstić information content (AvgIpc) is 2.02. The van der Waals surface area contributed by atoms with Crippen molar-refractivity contribution in [3.63, 3.8) is 0 Å². The van der Waals surface area contributed by atoms with Crippen molar-refractivity contribution in [3.8, 4) is 0 Å². The SMILES string of the molecule is FC(F)(F)CNc1ccc(Cl)cc1. The Kier molecular flexibility index (Phi) is 3.03. The van der Waals surface area contributed by atoms with Gasteiger partial charge in [-0.25, -0.2) is 0 Å². The van der Waals surface area contributed by atoms with Crippen molar-refractivity contribution in [2.45, 2.75) is 6.18 Å². The molecule has 0 aliphatic carbocycles. The third kappa shape index (κ3) is 4.03. The summed E-state index contributed by atoms with van der Waals surface area (Å²) in [5, 5.41) is 2.73. The van der Waals surface area contributed by atoms with Gasteiger partial charge >= 0.3 is 6.18 Å². The Bertz CT molecular complexity index is 268. The van der Waals surface area contributed by atoms with E-state index < -0.39 is 12.7 Å². The molecule has 5 heteroatoms. The van der Waals surface area contributed by atoms with Gasteiger partial charge in [-0.05, 0) is 24.3 Å². The Labute approximate surface area is 78.5 Å². The molecule has 0 saturated carbocycles. The van der Waals surface area contributed by atoms with Gasteiger partial charge in [0.25, 0.3) is 0 Å². The zero-order chi connectivity index (χ0) is 9.90. The van der Waals surface area contributed by atoms with Crippen LogP contribution in [0.2, 0.25) is 5.02 Å². The molecule has 0 aromatic heterocycles. The van der Waals surface area contributed by atoms with E-state index in [1.807, 2.05) is 0 Å². The van der Waals surface area contributed by atoms with E-state index in [4.69, 9.17) is 11.6 Å². The summed E-state index contributed by atoms with van der Waals surface area (Å²) in [5.41, 5.74) is 0.404. The van der Waals surface area contributed by atoms with Gasteiger partial charge in [0.2, 0.25) is 0 Å². The molecule has 0 atom stereocenters. The van der Waals surface area contributed by atoms with Crippen molar-refractivity contribution in [2.24, 2.45) is 0 Å². The van der Waals surface area contributed by atoms with Gasteiger partial charge in [0.05, 0.1) is 0 Å². The third-order valence-electron chi connectivity index (χ3n) is 1.34. The summed E-state index contributed by atoms with van der Waals surface area (Å²) < 4.78 is 35.2. The fourth-order valence-corrected chi connectivity index (χ4v) is 0.896. The zero-order valence-corrected chi connectivity index (χ0v) is 7.28. The van der Waals surface area contributed by atoms with E-state index in [-0.39, 0.29) is 0 Å². The number of alkyl halides is 3. The Morgan fingerprint density at radius 2 is 1.69 bits per heavy atom. The molecule has 0 saturated heterocycles. The molecule has 1 aromatic rings. The Morgan fingerprint density at radius 3 is 2.15 bits per heavy atom. The Balaban J connectivity index is 2.51. The third-order valence-corrected chi connectivity index (χ3v) is 1.59. The highest BCUT2D eigenvalue weighted by molar-refractivity contribution is 6.30. The lowest BCUT2D eigenvalue weighted by Gasteiger charge is -2.08. The molecule has 1 rings (SSSR count). The van der Waals surface area contributed by atoms with Crippen molar-refractivity contribution in [2.75, 3.05) is 11.9 Å². The second-order valence-electron chi connectivity index (χ2n) is 2.48. The second-order valence-corrected chi connectivity index (χ2v) is 2.91. The molecule has 0 radical (unpaired) electrons. The van der Waals surface area contributed by atoms with E-state index in [0.717, 1.165) is 0 Å². The quantitative estimate of drug-likeness (QED) is 0.788. The first-order valence-corrected chi connectivity index (χ1v) is 3.91. The van der Waals surface area contributed by atoms with Gasteiger partial charge in [-0.15, -0.1) is 0 Å².